The summed E-state index contributed by atoms with van der Waals surface area (Å²) in [5.41, 5.74) is -0.790. The van der Waals surface area contributed by atoms with Crippen LogP contribution >= 0.6 is 0 Å². The Kier molecular flexibility index (Phi) is 4.89. The van der Waals surface area contributed by atoms with Gasteiger partial charge in [-0.05, 0) is 24.3 Å². The summed E-state index contributed by atoms with van der Waals surface area (Å²) in [6.45, 7) is -0.429. The number of alkyl halides is 3. The first-order chi connectivity index (χ1) is 12.8. The van der Waals surface area contributed by atoms with Crippen molar-refractivity contribution in [1.82, 2.24) is 4.90 Å². The minimum Gasteiger partial charge on any atom is -0.451 e. The molecule has 0 bridgehead atoms. The lowest BCUT2D eigenvalue weighted by Gasteiger charge is -2.17. The molecular formula is C19H15F3N2O3. The first-order valence-electron chi connectivity index (χ1n) is 7.96. The van der Waals surface area contributed by atoms with Crippen molar-refractivity contribution in [2.24, 2.45) is 0 Å². The van der Waals surface area contributed by atoms with E-state index in [2.05, 4.69) is 5.32 Å². The van der Waals surface area contributed by atoms with Crippen molar-refractivity contribution < 1.29 is 27.2 Å². The van der Waals surface area contributed by atoms with E-state index in [9.17, 15) is 22.8 Å². The van der Waals surface area contributed by atoms with Crippen molar-refractivity contribution in [1.29, 1.82) is 0 Å². The van der Waals surface area contributed by atoms with Gasteiger partial charge in [0.1, 0.15) is 5.58 Å². The van der Waals surface area contributed by atoms with Gasteiger partial charge in [-0.1, -0.05) is 30.3 Å². The van der Waals surface area contributed by atoms with Crippen LogP contribution in [0, 0.1) is 0 Å². The lowest BCUT2D eigenvalue weighted by atomic mass is 10.1. The summed E-state index contributed by atoms with van der Waals surface area (Å²) in [7, 11) is 1.37. The zero-order valence-corrected chi connectivity index (χ0v) is 14.2. The van der Waals surface area contributed by atoms with E-state index in [0.29, 0.717) is 5.58 Å². The highest BCUT2D eigenvalue weighted by molar-refractivity contribution is 6.00. The summed E-state index contributed by atoms with van der Waals surface area (Å²) >= 11 is 0. The summed E-state index contributed by atoms with van der Waals surface area (Å²) in [5, 5.41) is 2.93. The third kappa shape index (κ3) is 4.11. The van der Waals surface area contributed by atoms with E-state index < -0.39 is 30.1 Å². The van der Waals surface area contributed by atoms with Crippen LogP contribution in [0.5, 0.6) is 0 Å². The number of nitrogens with one attached hydrogen (secondary N) is 1. The minimum absolute atomic E-state index is 0.0437. The summed E-state index contributed by atoms with van der Waals surface area (Å²) in [6, 6.07) is 13.2. The number of amides is 2. The molecule has 0 saturated carbocycles. The number of carbonyl (C=O) groups is 2. The van der Waals surface area contributed by atoms with Crippen molar-refractivity contribution in [3.8, 4) is 0 Å². The number of likely N-dealkylation sites (N-methyl/N-ethyl adjacent to an activating group) is 1. The van der Waals surface area contributed by atoms with E-state index in [4.69, 9.17) is 4.42 Å². The number of fused-ring (bicyclic) bond motifs is 1. The Morgan fingerprint density at radius 1 is 1.07 bits per heavy atom. The zero-order valence-electron chi connectivity index (χ0n) is 14.2. The zero-order chi connectivity index (χ0) is 19.6. The first-order valence-corrected chi connectivity index (χ1v) is 7.96. The van der Waals surface area contributed by atoms with Crippen LogP contribution in [0.3, 0.4) is 0 Å². The van der Waals surface area contributed by atoms with Gasteiger partial charge >= 0.3 is 6.18 Å². The summed E-state index contributed by atoms with van der Waals surface area (Å²) in [6.07, 6.45) is -4.60. The SMILES string of the molecule is CN(CC(=O)Nc1ccccc1C(F)(F)F)C(=O)c1cc2ccccc2o1. The van der Waals surface area contributed by atoms with Gasteiger partial charge < -0.3 is 14.6 Å². The van der Waals surface area contributed by atoms with Crippen molar-refractivity contribution in [2.45, 2.75) is 6.18 Å². The lowest BCUT2D eigenvalue weighted by molar-refractivity contribution is -0.137. The topological polar surface area (TPSA) is 62.6 Å². The lowest BCUT2D eigenvalue weighted by Crippen LogP contribution is -2.35. The number of furan rings is 1. The van der Waals surface area contributed by atoms with Crippen LogP contribution in [-0.4, -0.2) is 30.3 Å². The van der Waals surface area contributed by atoms with Crippen molar-refractivity contribution in [3.05, 3.63) is 65.9 Å². The molecule has 1 N–H and O–H groups in total. The smallest absolute Gasteiger partial charge is 0.418 e. The Labute approximate surface area is 152 Å². The van der Waals surface area contributed by atoms with Crippen molar-refractivity contribution in [3.63, 3.8) is 0 Å². The van der Waals surface area contributed by atoms with Crippen LogP contribution < -0.4 is 5.32 Å². The first kappa shape index (κ1) is 18.5. The van der Waals surface area contributed by atoms with E-state index in [1.54, 1.807) is 30.3 Å². The average molecular weight is 376 g/mol. The number of rotatable bonds is 4. The van der Waals surface area contributed by atoms with Gasteiger partial charge in [0.2, 0.25) is 5.91 Å². The minimum atomic E-state index is -4.60. The van der Waals surface area contributed by atoms with Gasteiger partial charge in [0.05, 0.1) is 17.8 Å². The predicted molar refractivity (Wildman–Crippen MR) is 93.2 cm³/mol. The van der Waals surface area contributed by atoms with Gasteiger partial charge in [0.15, 0.2) is 5.76 Å². The molecule has 1 heterocycles. The molecule has 2 amide bonds. The van der Waals surface area contributed by atoms with Crippen LogP contribution in [-0.2, 0) is 11.0 Å². The number of hydrogen-bond donors (Lipinski definition) is 1. The van der Waals surface area contributed by atoms with Crippen LogP contribution in [0.2, 0.25) is 0 Å². The maximum Gasteiger partial charge on any atom is 0.418 e. The van der Waals surface area contributed by atoms with Crippen LogP contribution in [0.1, 0.15) is 16.1 Å². The Balaban J connectivity index is 1.70. The Bertz CT molecular complexity index is 962. The molecule has 0 unspecified atom stereocenters. The molecule has 140 valence electrons. The van der Waals surface area contributed by atoms with E-state index in [0.717, 1.165) is 22.4 Å². The van der Waals surface area contributed by atoms with Gasteiger partial charge in [-0.3, -0.25) is 9.59 Å². The molecule has 0 aliphatic carbocycles. The molecule has 0 atom stereocenters. The number of anilines is 1. The Morgan fingerprint density at radius 3 is 2.44 bits per heavy atom. The summed E-state index contributed by atoms with van der Waals surface area (Å²) < 4.78 is 44.4. The van der Waals surface area contributed by atoms with Gasteiger partial charge in [0, 0.05) is 12.4 Å². The molecule has 0 aliphatic rings. The standard InChI is InChI=1S/C19H15F3N2O3/c1-24(18(26)16-10-12-6-2-5-9-15(12)27-16)11-17(25)23-14-8-4-3-7-13(14)19(20,21)22/h2-10H,11H2,1H3,(H,23,25). The monoisotopic (exact) mass is 376 g/mol. The fourth-order valence-electron chi connectivity index (χ4n) is 2.59. The second-order valence-electron chi connectivity index (χ2n) is 5.90. The molecule has 0 fully saturated rings. The fraction of sp³-hybridized carbons (Fsp3) is 0.158. The number of hydrogen-bond acceptors (Lipinski definition) is 3. The Morgan fingerprint density at radius 2 is 1.74 bits per heavy atom. The second kappa shape index (κ2) is 7.14. The van der Waals surface area contributed by atoms with Crippen molar-refractivity contribution in [2.75, 3.05) is 18.9 Å². The van der Waals surface area contributed by atoms with Crippen LogP contribution in [0.4, 0.5) is 18.9 Å². The predicted octanol–water partition coefficient (Wildman–Crippen LogP) is 4.16. The van der Waals surface area contributed by atoms with E-state index in [1.807, 2.05) is 0 Å². The quantitative estimate of drug-likeness (QED) is 0.744. The number of benzene rings is 2. The van der Waals surface area contributed by atoms with E-state index in [1.165, 1.54) is 19.2 Å². The maximum atomic E-state index is 13.0. The summed E-state index contributed by atoms with van der Waals surface area (Å²) in [5.74, 6) is -1.26. The number of nitrogens with zero attached hydrogens (tertiary/aromatic N) is 1. The molecule has 0 radical (unpaired) electrons. The van der Waals surface area contributed by atoms with Crippen LogP contribution in [0.25, 0.3) is 11.0 Å². The molecular weight excluding hydrogens is 361 g/mol. The van der Waals surface area contributed by atoms with Gasteiger partial charge in [-0.15, -0.1) is 0 Å². The molecule has 27 heavy (non-hydrogen) atoms. The molecule has 0 spiro atoms. The van der Waals surface area contributed by atoms with Gasteiger partial charge in [-0.2, -0.15) is 13.2 Å². The van der Waals surface area contributed by atoms with Crippen molar-refractivity contribution >= 4 is 28.5 Å². The number of carbonyl (C=O) groups excluding carboxylic acids is 2. The maximum absolute atomic E-state index is 13.0. The van der Waals surface area contributed by atoms with Gasteiger partial charge in [-0.25, -0.2) is 0 Å². The second-order valence-corrected chi connectivity index (χ2v) is 5.90. The van der Waals surface area contributed by atoms with Gasteiger partial charge in [0.25, 0.3) is 5.91 Å². The average Bonchev–Trinajstić information content (AvgIpc) is 3.04. The van der Waals surface area contributed by atoms with E-state index in [-0.39, 0.29) is 11.4 Å². The number of halogens is 3. The largest absolute Gasteiger partial charge is 0.451 e. The molecule has 3 rings (SSSR count). The summed E-state index contributed by atoms with van der Waals surface area (Å²) in [4.78, 5) is 25.6. The molecule has 8 heteroatoms. The number of para-hydroxylation sites is 2. The highest BCUT2D eigenvalue weighted by Gasteiger charge is 2.33. The molecule has 0 saturated heterocycles. The molecule has 3 aromatic rings. The molecule has 2 aromatic carbocycles. The third-order valence-corrected chi connectivity index (χ3v) is 3.87. The van der Waals surface area contributed by atoms with E-state index >= 15 is 0 Å². The highest BCUT2D eigenvalue weighted by atomic mass is 19.4. The van der Waals surface area contributed by atoms with Crippen LogP contribution in [0.15, 0.2) is 59.0 Å². The Hall–Kier alpha value is -3.29. The molecule has 1 aromatic heterocycles. The third-order valence-electron chi connectivity index (χ3n) is 3.87. The molecule has 5 nitrogen and oxygen atoms in total. The highest BCUT2D eigenvalue weighted by Crippen LogP contribution is 2.34. The fourth-order valence-corrected chi connectivity index (χ4v) is 2.59. The molecule has 0 aliphatic heterocycles. The normalized spacial score (nSPS) is 11.4.